The van der Waals surface area contributed by atoms with Crippen molar-refractivity contribution in [3.8, 4) is 0 Å². The number of amides is 1. The molecule has 25 heavy (non-hydrogen) atoms. The number of carbonyl (C=O) groups excluding carboxylic acids is 1. The summed E-state index contributed by atoms with van der Waals surface area (Å²) < 4.78 is 0. The normalized spacial score (nSPS) is 16.0. The molecular weight excluding hydrogens is 332 g/mol. The molecule has 1 aliphatic heterocycles. The Kier molecular flexibility index (Phi) is 3.94. The van der Waals surface area contributed by atoms with Crippen molar-refractivity contribution in [2.45, 2.75) is 13.1 Å². The number of hydrogen-bond acceptors (Lipinski definition) is 2. The lowest BCUT2D eigenvalue weighted by molar-refractivity contribution is 0.0993. The number of fused-ring (bicyclic) bond motifs is 1. The lowest BCUT2D eigenvalue weighted by Gasteiger charge is -2.27. The quantitative estimate of drug-likeness (QED) is 0.685. The maximum absolute atomic E-state index is 13.0. The van der Waals surface area contributed by atoms with Crippen molar-refractivity contribution >= 4 is 28.9 Å². The first-order chi connectivity index (χ1) is 12.1. The summed E-state index contributed by atoms with van der Waals surface area (Å²) in [7, 11) is 0. The fraction of sp³-hybridized carbons (Fsp3) is 0.0952. The van der Waals surface area contributed by atoms with Crippen LogP contribution in [-0.4, -0.2) is 5.91 Å². The molecule has 0 radical (unpaired) electrons. The van der Waals surface area contributed by atoms with Gasteiger partial charge < -0.3 is 5.32 Å². The average Bonchev–Trinajstić information content (AvgIpc) is 2.90. The van der Waals surface area contributed by atoms with Crippen molar-refractivity contribution in [3.05, 3.63) is 94.5 Å². The van der Waals surface area contributed by atoms with Crippen LogP contribution in [-0.2, 0) is 0 Å². The standard InChI is InChI=1S/C21H17ClN2O/c1-14-6-10-16(11-7-14)23-20-18-4-2-3-5-19(18)21(25)24(20)17-12-8-15(22)9-13-17/h2-13,20,23H,1H3. The fourth-order valence-electron chi connectivity index (χ4n) is 3.13. The van der Waals surface area contributed by atoms with E-state index >= 15 is 0 Å². The highest BCUT2D eigenvalue weighted by Crippen LogP contribution is 2.38. The highest BCUT2D eigenvalue weighted by molar-refractivity contribution is 6.30. The van der Waals surface area contributed by atoms with E-state index in [4.69, 9.17) is 11.6 Å². The summed E-state index contributed by atoms with van der Waals surface area (Å²) in [5.74, 6) is -0.0115. The number of aryl methyl sites for hydroxylation is 1. The highest BCUT2D eigenvalue weighted by atomic mass is 35.5. The van der Waals surface area contributed by atoms with Crippen LogP contribution in [0.3, 0.4) is 0 Å². The van der Waals surface area contributed by atoms with Crippen molar-refractivity contribution < 1.29 is 4.79 Å². The van der Waals surface area contributed by atoms with E-state index in [9.17, 15) is 4.79 Å². The van der Waals surface area contributed by atoms with E-state index in [1.165, 1.54) is 5.56 Å². The number of halogens is 1. The third-order valence-corrected chi connectivity index (χ3v) is 4.67. The van der Waals surface area contributed by atoms with E-state index < -0.39 is 0 Å². The Morgan fingerprint density at radius 3 is 2.32 bits per heavy atom. The summed E-state index contributed by atoms with van der Waals surface area (Å²) in [6, 6.07) is 23.2. The molecule has 1 atom stereocenters. The van der Waals surface area contributed by atoms with Gasteiger partial charge in [0, 0.05) is 27.5 Å². The zero-order valence-electron chi connectivity index (χ0n) is 13.7. The van der Waals surface area contributed by atoms with Gasteiger partial charge in [-0.2, -0.15) is 0 Å². The van der Waals surface area contributed by atoms with Gasteiger partial charge in [0.2, 0.25) is 0 Å². The highest BCUT2D eigenvalue weighted by Gasteiger charge is 2.37. The number of carbonyl (C=O) groups is 1. The van der Waals surface area contributed by atoms with Crippen LogP contribution in [0.1, 0.15) is 27.7 Å². The molecule has 3 aromatic carbocycles. The van der Waals surface area contributed by atoms with E-state index in [2.05, 4.69) is 24.4 Å². The summed E-state index contributed by atoms with van der Waals surface area (Å²) >= 11 is 6.01. The van der Waals surface area contributed by atoms with Gasteiger partial charge in [-0.15, -0.1) is 0 Å². The second-order valence-electron chi connectivity index (χ2n) is 6.15. The third kappa shape index (κ3) is 2.87. The van der Waals surface area contributed by atoms with Gasteiger partial charge in [0.1, 0.15) is 6.17 Å². The van der Waals surface area contributed by atoms with Gasteiger partial charge in [-0.3, -0.25) is 9.69 Å². The lowest BCUT2D eigenvalue weighted by atomic mass is 10.1. The Hall–Kier alpha value is -2.78. The molecule has 3 aromatic rings. The first-order valence-electron chi connectivity index (χ1n) is 8.15. The number of benzene rings is 3. The largest absolute Gasteiger partial charge is 0.361 e. The molecule has 4 rings (SSSR count). The molecule has 3 nitrogen and oxygen atoms in total. The first kappa shape index (κ1) is 15.7. The van der Waals surface area contributed by atoms with E-state index in [1.54, 1.807) is 17.0 Å². The molecule has 4 heteroatoms. The van der Waals surface area contributed by atoms with Gasteiger partial charge >= 0.3 is 0 Å². The Balaban J connectivity index is 1.77. The molecule has 0 spiro atoms. The number of nitrogens with one attached hydrogen (secondary N) is 1. The molecule has 1 N–H and O–H groups in total. The minimum Gasteiger partial charge on any atom is -0.361 e. The van der Waals surface area contributed by atoms with Gasteiger partial charge in [0.05, 0.1) is 0 Å². The summed E-state index contributed by atoms with van der Waals surface area (Å²) in [5, 5.41) is 4.14. The van der Waals surface area contributed by atoms with Gasteiger partial charge in [-0.1, -0.05) is 47.5 Å². The lowest BCUT2D eigenvalue weighted by Crippen LogP contribution is -2.32. The van der Waals surface area contributed by atoms with Gasteiger partial charge in [0.15, 0.2) is 0 Å². The van der Waals surface area contributed by atoms with Crippen molar-refractivity contribution in [2.75, 3.05) is 10.2 Å². The van der Waals surface area contributed by atoms with E-state index in [0.717, 1.165) is 22.5 Å². The van der Waals surface area contributed by atoms with Gasteiger partial charge in [0.25, 0.3) is 5.91 Å². The molecule has 1 heterocycles. The number of nitrogens with zero attached hydrogens (tertiary/aromatic N) is 1. The monoisotopic (exact) mass is 348 g/mol. The molecule has 0 saturated carbocycles. The Bertz CT molecular complexity index is 919. The molecule has 0 bridgehead atoms. The van der Waals surface area contributed by atoms with Crippen LogP contribution < -0.4 is 10.2 Å². The molecule has 0 aliphatic carbocycles. The zero-order valence-corrected chi connectivity index (χ0v) is 14.5. The zero-order chi connectivity index (χ0) is 17.4. The predicted molar refractivity (Wildman–Crippen MR) is 102 cm³/mol. The third-order valence-electron chi connectivity index (χ3n) is 4.42. The summed E-state index contributed by atoms with van der Waals surface area (Å²) in [4.78, 5) is 14.8. The second kappa shape index (κ2) is 6.26. The maximum atomic E-state index is 13.0. The number of rotatable bonds is 3. The summed E-state index contributed by atoms with van der Waals surface area (Å²) in [6.07, 6.45) is -0.257. The van der Waals surface area contributed by atoms with Crippen LogP contribution in [0.2, 0.25) is 5.02 Å². The summed E-state index contributed by atoms with van der Waals surface area (Å²) in [5.41, 5.74) is 4.68. The maximum Gasteiger partial charge on any atom is 0.260 e. The molecule has 1 aliphatic rings. The van der Waals surface area contributed by atoms with Crippen LogP contribution in [0.4, 0.5) is 11.4 Å². The van der Waals surface area contributed by atoms with E-state index in [1.807, 2.05) is 48.5 Å². The van der Waals surface area contributed by atoms with Crippen molar-refractivity contribution in [3.63, 3.8) is 0 Å². The molecule has 1 unspecified atom stereocenters. The molecule has 0 aromatic heterocycles. The van der Waals surface area contributed by atoms with Gasteiger partial charge in [-0.25, -0.2) is 0 Å². The molecular formula is C21H17ClN2O. The van der Waals surface area contributed by atoms with Crippen LogP contribution in [0.5, 0.6) is 0 Å². The molecule has 0 saturated heterocycles. The Labute approximate surface area is 151 Å². The van der Waals surface area contributed by atoms with Gasteiger partial charge in [-0.05, 0) is 49.4 Å². The van der Waals surface area contributed by atoms with Crippen LogP contribution in [0.15, 0.2) is 72.8 Å². The number of hydrogen-bond donors (Lipinski definition) is 1. The minimum atomic E-state index is -0.257. The topological polar surface area (TPSA) is 32.3 Å². The fourth-order valence-corrected chi connectivity index (χ4v) is 3.26. The van der Waals surface area contributed by atoms with Crippen LogP contribution >= 0.6 is 11.6 Å². The van der Waals surface area contributed by atoms with Crippen LogP contribution in [0, 0.1) is 6.92 Å². The molecule has 0 fully saturated rings. The molecule has 124 valence electrons. The SMILES string of the molecule is Cc1ccc(NC2c3ccccc3C(=O)N2c2ccc(Cl)cc2)cc1. The Morgan fingerprint density at radius 2 is 1.60 bits per heavy atom. The van der Waals surface area contributed by atoms with Crippen LogP contribution in [0.25, 0.3) is 0 Å². The average molecular weight is 349 g/mol. The van der Waals surface area contributed by atoms with Crippen molar-refractivity contribution in [2.24, 2.45) is 0 Å². The second-order valence-corrected chi connectivity index (χ2v) is 6.59. The summed E-state index contributed by atoms with van der Waals surface area (Å²) in [6.45, 7) is 2.05. The van der Waals surface area contributed by atoms with E-state index in [0.29, 0.717) is 5.02 Å². The minimum absolute atomic E-state index is 0.0115. The van der Waals surface area contributed by atoms with E-state index in [-0.39, 0.29) is 12.1 Å². The Morgan fingerprint density at radius 1 is 0.920 bits per heavy atom. The number of anilines is 2. The first-order valence-corrected chi connectivity index (χ1v) is 8.52. The molecule has 1 amide bonds. The smallest absolute Gasteiger partial charge is 0.260 e. The van der Waals surface area contributed by atoms with Crippen molar-refractivity contribution in [1.82, 2.24) is 0 Å². The van der Waals surface area contributed by atoms with Crippen molar-refractivity contribution in [1.29, 1.82) is 0 Å². The predicted octanol–water partition coefficient (Wildman–Crippen LogP) is 5.42.